The minimum absolute atomic E-state index is 0.0252. The molecule has 1 unspecified atom stereocenters. The molecule has 0 aliphatic carbocycles. The number of halogens is 1. The smallest absolute Gasteiger partial charge is 0.319 e. The van der Waals surface area contributed by atoms with Gasteiger partial charge in [0, 0.05) is 36.3 Å². The Kier molecular flexibility index (Phi) is 6.36. The topological polar surface area (TPSA) is 137 Å². The zero-order valence-corrected chi connectivity index (χ0v) is 16.8. The fourth-order valence-electron chi connectivity index (χ4n) is 3.05. The fourth-order valence-corrected chi connectivity index (χ4v) is 3.23. The number of anilines is 1. The first-order valence-corrected chi connectivity index (χ1v) is 9.62. The van der Waals surface area contributed by atoms with Crippen molar-refractivity contribution in [3.05, 3.63) is 40.6 Å². The monoisotopic (exact) mass is 433 g/mol. The first-order valence-electron chi connectivity index (χ1n) is 9.24. The number of hydrogen-bond acceptors (Lipinski definition) is 6. The van der Waals surface area contributed by atoms with Crippen LogP contribution in [0, 0.1) is 6.92 Å². The van der Waals surface area contributed by atoms with Gasteiger partial charge >= 0.3 is 6.03 Å². The van der Waals surface area contributed by atoms with E-state index in [1.807, 2.05) is 6.92 Å². The number of carbonyl (C=O) groups is 5. The second kappa shape index (κ2) is 8.95. The van der Waals surface area contributed by atoms with Gasteiger partial charge in [0.2, 0.25) is 11.8 Å². The van der Waals surface area contributed by atoms with Gasteiger partial charge in [-0.1, -0.05) is 17.7 Å². The van der Waals surface area contributed by atoms with Crippen molar-refractivity contribution in [3.63, 3.8) is 0 Å². The standard InChI is InChI=1S/C19H20ClN5O5/c1-10-2-3-11(8-12(10)20)23-19(30)22-7-6-21-13-9-16(27)25(18(13)29)14-4-5-15(26)24-17(14)28/h2-3,8-9,14,21H,4-7H2,1H3,(H2,22,23,30)(H,24,26,28). The van der Waals surface area contributed by atoms with Crippen LogP contribution in [0.5, 0.6) is 0 Å². The molecule has 30 heavy (non-hydrogen) atoms. The maximum Gasteiger partial charge on any atom is 0.319 e. The highest BCUT2D eigenvalue weighted by Crippen LogP contribution is 2.20. The number of imide groups is 2. The van der Waals surface area contributed by atoms with E-state index in [9.17, 15) is 24.0 Å². The normalized spacial score (nSPS) is 18.8. The maximum atomic E-state index is 12.5. The maximum absolute atomic E-state index is 12.5. The number of carbonyl (C=O) groups excluding carboxylic acids is 5. The van der Waals surface area contributed by atoms with Gasteiger partial charge in [0.1, 0.15) is 11.7 Å². The van der Waals surface area contributed by atoms with E-state index in [4.69, 9.17) is 11.6 Å². The highest BCUT2D eigenvalue weighted by molar-refractivity contribution is 6.31. The molecule has 2 heterocycles. The van der Waals surface area contributed by atoms with Gasteiger partial charge in [0.25, 0.3) is 11.8 Å². The lowest BCUT2D eigenvalue weighted by atomic mass is 10.0. The van der Waals surface area contributed by atoms with E-state index in [1.54, 1.807) is 18.2 Å². The number of amides is 6. The number of nitrogens with zero attached hydrogens (tertiary/aromatic N) is 1. The Balaban J connectivity index is 1.45. The first kappa shape index (κ1) is 21.3. The van der Waals surface area contributed by atoms with E-state index < -0.39 is 35.7 Å². The molecule has 0 saturated carbocycles. The zero-order valence-electron chi connectivity index (χ0n) is 16.1. The van der Waals surface area contributed by atoms with Crippen molar-refractivity contribution in [2.75, 3.05) is 18.4 Å². The Morgan fingerprint density at radius 3 is 2.70 bits per heavy atom. The van der Waals surface area contributed by atoms with Crippen molar-refractivity contribution in [1.29, 1.82) is 0 Å². The van der Waals surface area contributed by atoms with E-state index in [2.05, 4.69) is 21.3 Å². The summed E-state index contributed by atoms with van der Waals surface area (Å²) in [6.07, 6.45) is 1.25. The number of urea groups is 1. The van der Waals surface area contributed by atoms with Gasteiger partial charge in [0.05, 0.1) is 0 Å². The van der Waals surface area contributed by atoms with Crippen LogP contribution < -0.4 is 21.3 Å². The zero-order chi connectivity index (χ0) is 21.8. The summed E-state index contributed by atoms with van der Waals surface area (Å²) >= 11 is 6.01. The predicted octanol–water partition coefficient (Wildman–Crippen LogP) is 0.417. The van der Waals surface area contributed by atoms with Gasteiger partial charge in [-0.05, 0) is 31.0 Å². The Labute approximate surface area is 177 Å². The number of piperidine rings is 1. The molecule has 4 N–H and O–H groups in total. The van der Waals surface area contributed by atoms with Gasteiger partial charge in [-0.3, -0.25) is 29.4 Å². The van der Waals surface area contributed by atoms with Gasteiger partial charge in [-0.25, -0.2) is 4.79 Å². The quantitative estimate of drug-likeness (QED) is 0.379. The fraction of sp³-hybridized carbons (Fsp3) is 0.316. The largest absolute Gasteiger partial charge is 0.379 e. The Morgan fingerprint density at radius 2 is 2.00 bits per heavy atom. The summed E-state index contributed by atoms with van der Waals surface area (Å²) < 4.78 is 0. The lowest BCUT2D eigenvalue weighted by Crippen LogP contribution is -2.55. The minimum atomic E-state index is -1.01. The van der Waals surface area contributed by atoms with Crippen LogP contribution in [-0.2, 0) is 19.2 Å². The molecule has 11 heteroatoms. The lowest BCUT2D eigenvalue weighted by Gasteiger charge is -2.28. The molecule has 1 aromatic carbocycles. The highest BCUT2D eigenvalue weighted by Gasteiger charge is 2.42. The van der Waals surface area contributed by atoms with E-state index in [0.717, 1.165) is 16.5 Å². The van der Waals surface area contributed by atoms with Crippen LogP contribution in [0.1, 0.15) is 18.4 Å². The van der Waals surface area contributed by atoms with E-state index in [-0.39, 0.29) is 31.6 Å². The molecule has 3 rings (SSSR count). The van der Waals surface area contributed by atoms with Gasteiger partial charge in [-0.2, -0.15) is 0 Å². The molecule has 10 nitrogen and oxygen atoms in total. The number of benzene rings is 1. The summed E-state index contributed by atoms with van der Waals surface area (Å²) in [6, 6.07) is 3.67. The SMILES string of the molecule is Cc1ccc(NC(=O)NCCNC2=CC(=O)N(C3CCC(=O)NC3=O)C2=O)cc1Cl. The van der Waals surface area contributed by atoms with Crippen LogP contribution in [0.3, 0.4) is 0 Å². The summed E-state index contributed by atoms with van der Waals surface area (Å²) in [4.78, 5) is 60.6. The molecule has 0 spiro atoms. The van der Waals surface area contributed by atoms with Crippen molar-refractivity contribution in [2.45, 2.75) is 25.8 Å². The molecule has 6 amide bonds. The summed E-state index contributed by atoms with van der Waals surface area (Å²) in [5, 5.41) is 10.7. The molecule has 1 aromatic rings. The third kappa shape index (κ3) is 4.77. The first-order chi connectivity index (χ1) is 14.3. The molecule has 1 atom stereocenters. The van der Waals surface area contributed by atoms with Crippen LogP contribution in [0.25, 0.3) is 0 Å². The number of rotatable bonds is 6. The third-order valence-electron chi connectivity index (χ3n) is 4.63. The van der Waals surface area contributed by atoms with Crippen LogP contribution >= 0.6 is 11.6 Å². The molecular weight excluding hydrogens is 414 g/mol. The molecule has 158 valence electrons. The number of hydrogen-bond donors (Lipinski definition) is 4. The minimum Gasteiger partial charge on any atom is -0.379 e. The summed E-state index contributed by atoms with van der Waals surface area (Å²) in [7, 11) is 0. The Morgan fingerprint density at radius 1 is 1.23 bits per heavy atom. The number of nitrogens with one attached hydrogen (secondary N) is 4. The predicted molar refractivity (Wildman–Crippen MR) is 107 cm³/mol. The third-order valence-corrected chi connectivity index (χ3v) is 5.04. The Hall–Kier alpha value is -3.40. The molecule has 0 bridgehead atoms. The van der Waals surface area contributed by atoms with Gasteiger partial charge in [-0.15, -0.1) is 0 Å². The average Bonchev–Trinajstić information content (AvgIpc) is 2.96. The second-order valence-electron chi connectivity index (χ2n) is 6.81. The lowest BCUT2D eigenvalue weighted by molar-refractivity contribution is -0.149. The summed E-state index contributed by atoms with van der Waals surface area (Å²) in [6.45, 7) is 2.20. The van der Waals surface area contributed by atoms with Crippen LogP contribution in [0.4, 0.5) is 10.5 Å². The Bertz CT molecular complexity index is 961. The molecule has 0 radical (unpaired) electrons. The van der Waals surface area contributed by atoms with Gasteiger partial charge in [0.15, 0.2) is 0 Å². The second-order valence-corrected chi connectivity index (χ2v) is 7.22. The molecule has 1 fully saturated rings. The average molecular weight is 434 g/mol. The highest BCUT2D eigenvalue weighted by atomic mass is 35.5. The van der Waals surface area contributed by atoms with E-state index in [1.165, 1.54) is 0 Å². The van der Waals surface area contributed by atoms with Crippen LogP contribution in [0.2, 0.25) is 5.02 Å². The van der Waals surface area contributed by atoms with E-state index in [0.29, 0.717) is 10.7 Å². The molecule has 2 aliphatic rings. The molecule has 1 saturated heterocycles. The van der Waals surface area contributed by atoms with Crippen LogP contribution in [0.15, 0.2) is 30.0 Å². The molecule has 0 aromatic heterocycles. The van der Waals surface area contributed by atoms with Gasteiger partial charge < -0.3 is 16.0 Å². The van der Waals surface area contributed by atoms with Crippen molar-refractivity contribution in [2.24, 2.45) is 0 Å². The van der Waals surface area contributed by atoms with Crippen molar-refractivity contribution in [1.82, 2.24) is 20.9 Å². The van der Waals surface area contributed by atoms with Crippen LogP contribution in [-0.4, -0.2) is 53.7 Å². The van der Waals surface area contributed by atoms with E-state index >= 15 is 0 Å². The summed E-state index contributed by atoms with van der Waals surface area (Å²) in [5.74, 6) is -2.37. The molecule has 2 aliphatic heterocycles. The summed E-state index contributed by atoms with van der Waals surface area (Å²) in [5.41, 5.74) is 1.45. The molecular formula is C19H20ClN5O5. The van der Waals surface area contributed by atoms with Crippen molar-refractivity contribution < 1.29 is 24.0 Å². The van der Waals surface area contributed by atoms with Crippen molar-refractivity contribution in [3.8, 4) is 0 Å². The van der Waals surface area contributed by atoms with Crippen molar-refractivity contribution >= 4 is 46.9 Å². The number of aryl methyl sites for hydroxylation is 1.